The third-order valence-electron chi connectivity index (χ3n) is 2.75. The molecule has 1 unspecified atom stereocenters. The molecule has 2 aromatic carbocycles. The van der Waals surface area contributed by atoms with Gasteiger partial charge in [0.15, 0.2) is 0 Å². The van der Waals surface area contributed by atoms with Gasteiger partial charge in [0.25, 0.3) is 0 Å². The predicted octanol–water partition coefficient (Wildman–Crippen LogP) is 4.03. The summed E-state index contributed by atoms with van der Waals surface area (Å²) in [6.07, 6.45) is 1.12. The van der Waals surface area contributed by atoms with Gasteiger partial charge in [-0.1, -0.05) is 67.6 Å². The normalized spacial score (nSPS) is 10.6. The summed E-state index contributed by atoms with van der Waals surface area (Å²) < 4.78 is 0. The molecule has 0 fully saturated rings. The summed E-state index contributed by atoms with van der Waals surface area (Å²) in [5.41, 5.74) is 7.33. The lowest BCUT2D eigenvalue weighted by Gasteiger charge is -2.11. The van der Waals surface area contributed by atoms with Crippen LogP contribution in [0, 0.1) is 0 Å². The van der Waals surface area contributed by atoms with Gasteiger partial charge in [0, 0.05) is 0 Å². The minimum Gasteiger partial charge on any atom is -0.333 e. The van der Waals surface area contributed by atoms with Crippen molar-refractivity contribution in [3.8, 4) is 0 Å². The van der Waals surface area contributed by atoms with Crippen molar-refractivity contribution in [3.05, 3.63) is 71.8 Å². The second kappa shape index (κ2) is 9.69. The zero-order valence-corrected chi connectivity index (χ0v) is 11.9. The molecule has 0 aliphatic carbocycles. The van der Waals surface area contributed by atoms with E-state index in [9.17, 15) is 0 Å². The monoisotopic (exact) mass is 263 g/mol. The van der Waals surface area contributed by atoms with Crippen molar-refractivity contribution in [2.75, 3.05) is 7.05 Å². The molecule has 0 saturated carbocycles. The van der Waals surface area contributed by atoms with Gasteiger partial charge in [-0.3, -0.25) is 0 Å². The van der Waals surface area contributed by atoms with Crippen LogP contribution in [0.4, 0.5) is 0 Å². The standard InChI is InChI=1S/C15H16.CH5N.ClH/c1-13(15-10-6-3-7-11-15)12-14-8-4-2-5-9-14;1-2;/h2-11,13H,12H2,1H3;2H2,1H3;1H. The number of rotatable bonds is 3. The Kier molecular flexibility index (Phi) is 8.99. The molecular formula is C16H22ClN. The van der Waals surface area contributed by atoms with Gasteiger partial charge in [-0.05, 0) is 30.5 Å². The van der Waals surface area contributed by atoms with Crippen molar-refractivity contribution >= 4 is 12.4 Å². The van der Waals surface area contributed by atoms with Crippen LogP contribution in [0.25, 0.3) is 0 Å². The van der Waals surface area contributed by atoms with E-state index in [-0.39, 0.29) is 12.4 Å². The van der Waals surface area contributed by atoms with Crippen LogP contribution in [0.1, 0.15) is 24.0 Å². The maximum Gasteiger partial charge on any atom is -0.0150 e. The predicted molar refractivity (Wildman–Crippen MR) is 82.4 cm³/mol. The van der Waals surface area contributed by atoms with Crippen molar-refractivity contribution in [1.29, 1.82) is 0 Å². The molecule has 0 aliphatic rings. The summed E-state index contributed by atoms with van der Waals surface area (Å²) in [6, 6.07) is 21.4. The maximum atomic E-state index is 4.50. The van der Waals surface area contributed by atoms with Gasteiger partial charge in [-0.15, -0.1) is 12.4 Å². The quantitative estimate of drug-likeness (QED) is 0.889. The molecule has 0 spiro atoms. The summed E-state index contributed by atoms with van der Waals surface area (Å²) >= 11 is 0. The van der Waals surface area contributed by atoms with Gasteiger partial charge < -0.3 is 5.73 Å². The summed E-state index contributed by atoms with van der Waals surface area (Å²) in [5.74, 6) is 0.591. The number of hydrogen-bond donors (Lipinski definition) is 1. The fourth-order valence-electron chi connectivity index (χ4n) is 1.87. The van der Waals surface area contributed by atoms with Crippen LogP contribution in [-0.4, -0.2) is 7.05 Å². The fourth-order valence-corrected chi connectivity index (χ4v) is 1.87. The highest BCUT2D eigenvalue weighted by molar-refractivity contribution is 5.85. The zero-order chi connectivity index (χ0) is 12.5. The SMILES string of the molecule is CC(Cc1ccccc1)c1ccccc1.CN.Cl. The summed E-state index contributed by atoms with van der Waals surface area (Å²) in [4.78, 5) is 0. The van der Waals surface area contributed by atoms with E-state index >= 15 is 0 Å². The lowest BCUT2D eigenvalue weighted by atomic mass is 9.94. The average Bonchev–Trinajstić information content (AvgIpc) is 2.43. The second-order valence-corrected chi connectivity index (χ2v) is 4.00. The van der Waals surface area contributed by atoms with Crippen molar-refractivity contribution in [3.63, 3.8) is 0 Å². The Bertz CT molecular complexity index is 400. The highest BCUT2D eigenvalue weighted by Gasteiger charge is 2.04. The van der Waals surface area contributed by atoms with Crippen molar-refractivity contribution in [1.82, 2.24) is 0 Å². The number of hydrogen-bond acceptors (Lipinski definition) is 1. The number of benzene rings is 2. The van der Waals surface area contributed by atoms with E-state index in [1.807, 2.05) is 0 Å². The molecular weight excluding hydrogens is 242 g/mol. The van der Waals surface area contributed by atoms with Crippen molar-refractivity contribution in [2.45, 2.75) is 19.3 Å². The first-order valence-corrected chi connectivity index (χ1v) is 6.03. The molecule has 2 aromatic rings. The molecule has 1 nitrogen and oxygen atoms in total. The lowest BCUT2D eigenvalue weighted by molar-refractivity contribution is 0.759. The molecule has 0 radical (unpaired) electrons. The zero-order valence-electron chi connectivity index (χ0n) is 11.0. The van der Waals surface area contributed by atoms with E-state index in [0.717, 1.165) is 6.42 Å². The molecule has 0 saturated heterocycles. The van der Waals surface area contributed by atoms with Gasteiger partial charge in [0.1, 0.15) is 0 Å². The Morgan fingerprint density at radius 2 is 1.28 bits per heavy atom. The minimum atomic E-state index is 0. The number of halogens is 1. The molecule has 2 rings (SSSR count). The molecule has 0 amide bonds. The molecule has 0 aliphatic heterocycles. The van der Waals surface area contributed by atoms with Gasteiger partial charge in [-0.25, -0.2) is 0 Å². The fraction of sp³-hybridized carbons (Fsp3) is 0.250. The highest BCUT2D eigenvalue weighted by atomic mass is 35.5. The molecule has 2 N–H and O–H groups in total. The lowest BCUT2D eigenvalue weighted by Crippen LogP contribution is -1.97. The van der Waals surface area contributed by atoms with Crippen LogP contribution in [0.15, 0.2) is 60.7 Å². The molecule has 0 aromatic heterocycles. The third kappa shape index (κ3) is 5.35. The largest absolute Gasteiger partial charge is 0.333 e. The average molecular weight is 264 g/mol. The van der Waals surface area contributed by atoms with Gasteiger partial charge in [0.2, 0.25) is 0 Å². The van der Waals surface area contributed by atoms with Gasteiger partial charge in [0.05, 0.1) is 0 Å². The third-order valence-corrected chi connectivity index (χ3v) is 2.75. The van der Waals surface area contributed by atoms with Crippen LogP contribution in [0.2, 0.25) is 0 Å². The van der Waals surface area contributed by atoms with Crippen LogP contribution >= 0.6 is 12.4 Å². The van der Waals surface area contributed by atoms with E-state index in [0.29, 0.717) is 5.92 Å². The highest BCUT2D eigenvalue weighted by Crippen LogP contribution is 2.19. The first-order valence-electron chi connectivity index (χ1n) is 6.03. The summed E-state index contributed by atoms with van der Waals surface area (Å²) in [7, 11) is 1.50. The first kappa shape index (κ1) is 16.7. The maximum absolute atomic E-state index is 4.50. The van der Waals surface area contributed by atoms with E-state index < -0.39 is 0 Å². The van der Waals surface area contributed by atoms with Crippen molar-refractivity contribution in [2.24, 2.45) is 5.73 Å². The Balaban J connectivity index is 0.000000917. The van der Waals surface area contributed by atoms with E-state index in [4.69, 9.17) is 0 Å². The Morgan fingerprint density at radius 3 is 1.78 bits per heavy atom. The Morgan fingerprint density at radius 1 is 0.833 bits per heavy atom. The number of nitrogens with two attached hydrogens (primary N) is 1. The first-order chi connectivity index (χ1) is 8.36. The van der Waals surface area contributed by atoms with E-state index in [1.165, 1.54) is 18.2 Å². The van der Waals surface area contributed by atoms with E-state index in [2.05, 4.69) is 73.3 Å². The smallest absolute Gasteiger partial charge is 0.0150 e. The molecule has 2 heteroatoms. The topological polar surface area (TPSA) is 26.0 Å². The van der Waals surface area contributed by atoms with Gasteiger partial charge in [-0.2, -0.15) is 0 Å². The van der Waals surface area contributed by atoms with Crippen molar-refractivity contribution < 1.29 is 0 Å². The summed E-state index contributed by atoms with van der Waals surface area (Å²) in [5, 5.41) is 0. The van der Waals surface area contributed by atoms with E-state index in [1.54, 1.807) is 0 Å². The van der Waals surface area contributed by atoms with Crippen LogP contribution in [-0.2, 0) is 6.42 Å². The Labute approximate surface area is 116 Å². The minimum absolute atomic E-state index is 0. The molecule has 0 heterocycles. The van der Waals surface area contributed by atoms with Crippen LogP contribution in [0.3, 0.4) is 0 Å². The Hall–Kier alpha value is -1.31. The summed E-state index contributed by atoms with van der Waals surface area (Å²) in [6.45, 7) is 2.28. The molecule has 0 bridgehead atoms. The molecule has 1 atom stereocenters. The van der Waals surface area contributed by atoms with Crippen LogP contribution < -0.4 is 5.73 Å². The molecule has 18 heavy (non-hydrogen) atoms. The molecule has 98 valence electrons. The second-order valence-electron chi connectivity index (χ2n) is 4.00. The van der Waals surface area contributed by atoms with Gasteiger partial charge >= 0.3 is 0 Å². The van der Waals surface area contributed by atoms with Crippen LogP contribution in [0.5, 0.6) is 0 Å².